The van der Waals surface area contributed by atoms with Crippen molar-refractivity contribution in [1.29, 1.82) is 0 Å². The van der Waals surface area contributed by atoms with Crippen LogP contribution in [0.5, 0.6) is 0 Å². The van der Waals surface area contributed by atoms with Gasteiger partial charge in [-0.1, -0.05) is 11.6 Å². The maximum Gasteiger partial charge on any atom is 0.180 e. The first-order valence-electron chi connectivity index (χ1n) is 4.04. The molecule has 1 rings (SSSR count). The number of hydrogen-bond donors (Lipinski definition) is 1. The van der Waals surface area contributed by atoms with Crippen molar-refractivity contribution in [2.45, 2.75) is 19.4 Å². The van der Waals surface area contributed by atoms with E-state index in [1.807, 2.05) is 0 Å². The number of aliphatic hydroxyl groups is 1. The molecular formula is C9H7ClF4O. The van der Waals surface area contributed by atoms with E-state index in [2.05, 4.69) is 0 Å². The van der Waals surface area contributed by atoms with Crippen LogP contribution in [0.15, 0.2) is 0 Å². The average Bonchev–Trinajstić information content (AvgIpc) is 2.18. The molecule has 0 saturated heterocycles. The summed E-state index contributed by atoms with van der Waals surface area (Å²) in [5, 5.41) is 7.67. The van der Waals surface area contributed by atoms with Gasteiger partial charge in [-0.15, -0.1) is 0 Å². The molecule has 0 aliphatic carbocycles. The van der Waals surface area contributed by atoms with E-state index < -0.39 is 46.4 Å². The van der Waals surface area contributed by atoms with Gasteiger partial charge in [0, 0.05) is 12.0 Å². The lowest BCUT2D eigenvalue weighted by molar-refractivity contribution is 0.191. The summed E-state index contributed by atoms with van der Waals surface area (Å²) in [6.45, 7) is 1.24. The molecule has 0 saturated carbocycles. The van der Waals surface area contributed by atoms with Crippen LogP contribution in [-0.2, 0) is 6.42 Å². The van der Waals surface area contributed by atoms with Gasteiger partial charge in [0.1, 0.15) is 5.02 Å². The summed E-state index contributed by atoms with van der Waals surface area (Å²) in [4.78, 5) is 0. The predicted molar refractivity (Wildman–Crippen MR) is 46.7 cm³/mol. The van der Waals surface area contributed by atoms with E-state index >= 15 is 0 Å². The largest absolute Gasteiger partial charge is 0.393 e. The van der Waals surface area contributed by atoms with E-state index in [0.29, 0.717) is 0 Å². The zero-order valence-electron chi connectivity index (χ0n) is 7.62. The van der Waals surface area contributed by atoms with Gasteiger partial charge in [-0.25, -0.2) is 17.6 Å². The van der Waals surface area contributed by atoms with Gasteiger partial charge in [-0.2, -0.15) is 0 Å². The number of aliphatic hydroxyl groups excluding tert-OH is 1. The molecule has 0 amide bonds. The highest BCUT2D eigenvalue weighted by Gasteiger charge is 2.24. The summed E-state index contributed by atoms with van der Waals surface area (Å²) in [6.07, 6.45) is -1.64. The molecule has 1 unspecified atom stereocenters. The van der Waals surface area contributed by atoms with Gasteiger partial charge in [0.15, 0.2) is 23.3 Å². The summed E-state index contributed by atoms with van der Waals surface area (Å²) in [5.74, 6) is -6.43. The highest BCUT2D eigenvalue weighted by molar-refractivity contribution is 6.30. The van der Waals surface area contributed by atoms with Crippen molar-refractivity contribution in [2.75, 3.05) is 0 Å². The van der Waals surface area contributed by atoms with Gasteiger partial charge < -0.3 is 5.11 Å². The lowest BCUT2D eigenvalue weighted by Gasteiger charge is -2.09. The molecule has 0 aromatic heterocycles. The van der Waals surface area contributed by atoms with Crippen LogP contribution in [0, 0.1) is 23.3 Å². The minimum Gasteiger partial charge on any atom is -0.393 e. The summed E-state index contributed by atoms with van der Waals surface area (Å²) < 4.78 is 51.9. The first-order valence-corrected chi connectivity index (χ1v) is 4.42. The first kappa shape index (κ1) is 12.3. The molecule has 0 heterocycles. The minimum atomic E-state index is -1.65. The predicted octanol–water partition coefficient (Wildman–Crippen LogP) is 2.82. The molecule has 0 aliphatic heterocycles. The van der Waals surface area contributed by atoms with Crippen molar-refractivity contribution in [3.63, 3.8) is 0 Å². The highest BCUT2D eigenvalue weighted by Crippen LogP contribution is 2.28. The van der Waals surface area contributed by atoms with E-state index in [0.717, 1.165) is 0 Å². The van der Waals surface area contributed by atoms with E-state index in [1.165, 1.54) is 6.92 Å². The average molecular weight is 243 g/mol. The molecule has 1 aromatic rings. The van der Waals surface area contributed by atoms with Crippen LogP contribution >= 0.6 is 11.6 Å². The van der Waals surface area contributed by atoms with E-state index in [1.54, 1.807) is 0 Å². The van der Waals surface area contributed by atoms with Gasteiger partial charge >= 0.3 is 0 Å². The molecule has 0 fully saturated rings. The van der Waals surface area contributed by atoms with E-state index in [4.69, 9.17) is 16.7 Å². The van der Waals surface area contributed by atoms with Gasteiger partial charge in [0.2, 0.25) is 0 Å². The summed E-state index contributed by atoms with van der Waals surface area (Å²) in [7, 11) is 0. The fraction of sp³-hybridized carbons (Fsp3) is 0.333. The Hall–Kier alpha value is -0.810. The van der Waals surface area contributed by atoms with Crippen molar-refractivity contribution >= 4 is 11.6 Å². The second kappa shape index (κ2) is 4.37. The van der Waals surface area contributed by atoms with Crippen LogP contribution in [0.2, 0.25) is 5.02 Å². The molecular weight excluding hydrogens is 236 g/mol. The van der Waals surface area contributed by atoms with Crippen molar-refractivity contribution in [1.82, 2.24) is 0 Å². The summed E-state index contributed by atoms with van der Waals surface area (Å²) in [6, 6.07) is 0. The minimum absolute atomic E-state index is 0.525. The molecule has 15 heavy (non-hydrogen) atoms. The van der Waals surface area contributed by atoms with Crippen molar-refractivity contribution in [3.8, 4) is 0 Å². The zero-order chi connectivity index (χ0) is 11.7. The molecule has 0 aliphatic rings. The van der Waals surface area contributed by atoms with E-state index in [9.17, 15) is 17.6 Å². The highest BCUT2D eigenvalue weighted by atomic mass is 35.5. The van der Waals surface area contributed by atoms with Crippen molar-refractivity contribution < 1.29 is 22.7 Å². The van der Waals surface area contributed by atoms with Crippen LogP contribution in [0.3, 0.4) is 0 Å². The molecule has 1 nitrogen and oxygen atoms in total. The quantitative estimate of drug-likeness (QED) is 0.480. The second-order valence-corrected chi connectivity index (χ2v) is 3.48. The standard InChI is InChI=1S/C9H7ClF4O/c1-3(15)2-4-6(11)8(13)5(10)9(14)7(4)12/h3,15H,2H2,1H3. The second-order valence-electron chi connectivity index (χ2n) is 3.10. The lowest BCUT2D eigenvalue weighted by atomic mass is 10.1. The Morgan fingerprint density at radius 3 is 1.80 bits per heavy atom. The number of halogens is 5. The third-order valence-electron chi connectivity index (χ3n) is 1.80. The van der Waals surface area contributed by atoms with E-state index in [-0.39, 0.29) is 0 Å². The summed E-state index contributed by atoms with van der Waals surface area (Å²) in [5.41, 5.74) is -0.843. The third kappa shape index (κ3) is 2.23. The normalized spacial score (nSPS) is 13.0. The van der Waals surface area contributed by atoms with Gasteiger partial charge in [0.05, 0.1) is 6.10 Å². The van der Waals surface area contributed by atoms with Gasteiger partial charge in [-0.05, 0) is 6.92 Å². The molecule has 0 radical (unpaired) electrons. The number of rotatable bonds is 2. The Balaban J connectivity index is 3.39. The fourth-order valence-electron chi connectivity index (χ4n) is 1.12. The molecule has 84 valence electrons. The van der Waals surface area contributed by atoms with Gasteiger partial charge in [-0.3, -0.25) is 0 Å². The Labute approximate surface area is 88.3 Å². The molecule has 1 N–H and O–H groups in total. The molecule has 0 spiro atoms. The summed E-state index contributed by atoms with van der Waals surface area (Å²) >= 11 is 5.00. The van der Waals surface area contributed by atoms with Gasteiger partial charge in [0.25, 0.3) is 0 Å². The maximum atomic E-state index is 13.1. The van der Waals surface area contributed by atoms with Crippen LogP contribution in [0.1, 0.15) is 12.5 Å². The third-order valence-corrected chi connectivity index (χ3v) is 2.13. The SMILES string of the molecule is CC(O)Cc1c(F)c(F)c(Cl)c(F)c1F. The lowest BCUT2D eigenvalue weighted by Crippen LogP contribution is -2.11. The number of hydrogen-bond acceptors (Lipinski definition) is 1. The van der Waals surface area contributed by atoms with Crippen LogP contribution in [-0.4, -0.2) is 11.2 Å². The smallest absolute Gasteiger partial charge is 0.180 e. The Morgan fingerprint density at radius 2 is 1.47 bits per heavy atom. The molecule has 1 atom stereocenters. The molecule has 1 aromatic carbocycles. The monoisotopic (exact) mass is 242 g/mol. The topological polar surface area (TPSA) is 20.2 Å². The van der Waals surface area contributed by atoms with Crippen LogP contribution in [0.4, 0.5) is 17.6 Å². The molecule has 0 bridgehead atoms. The Bertz CT molecular complexity index is 363. The number of benzene rings is 1. The van der Waals surface area contributed by atoms with Crippen LogP contribution < -0.4 is 0 Å². The first-order chi connectivity index (χ1) is 6.86. The Kier molecular flexibility index (Phi) is 3.57. The molecule has 6 heteroatoms. The zero-order valence-corrected chi connectivity index (χ0v) is 8.38. The Morgan fingerprint density at radius 1 is 1.07 bits per heavy atom. The fourth-order valence-corrected chi connectivity index (χ4v) is 1.29. The maximum absolute atomic E-state index is 13.1. The van der Waals surface area contributed by atoms with Crippen molar-refractivity contribution in [3.05, 3.63) is 33.9 Å². The van der Waals surface area contributed by atoms with Crippen LogP contribution in [0.25, 0.3) is 0 Å². The van der Waals surface area contributed by atoms with Crippen molar-refractivity contribution in [2.24, 2.45) is 0 Å².